The molecular weight excluding hydrogens is 270 g/mol. The summed E-state index contributed by atoms with van der Waals surface area (Å²) in [5.74, 6) is -0.953. The molecule has 0 aliphatic heterocycles. The topological polar surface area (TPSA) is 113 Å². The van der Waals surface area contributed by atoms with E-state index in [1.165, 1.54) is 26.1 Å². The highest BCUT2D eigenvalue weighted by Crippen LogP contribution is 2.28. The number of fused-ring (bicyclic) bond motifs is 1. The lowest BCUT2D eigenvalue weighted by atomic mass is 10.2. The van der Waals surface area contributed by atoms with Crippen LogP contribution in [0.5, 0.6) is 0 Å². The van der Waals surface area contributed by atoms with Crippen LogP contribution in [0.3, 0.4) is 0 Å². The van der Waals surface area contributed by atoms with Gasteiger partial charge in [-0.25, -0.2) is 23.2 Å². The third-order valence-corrected chi connectivity index (χ3v) is 5.17. The molecule has 102 valence electrons. The first kappa shape index (κ1) is 13.5. The van der Waals surface area contributed by atoms with Crippen LogP contribution in [0.25, 0.3) is 11.2 Å². The van der Waals surface area contributed by atoms with Gasteiger partial charge in [0.15, 0.2) is 15.5 Å². The van der Waals surface area contributed by atoms with Crippen LogP contribution in [0, 0.1) is 0 Å². The maximum Gasteiger partial charge on any atom is 0.338 e. The van der Waals surface area contributed by atoms with E-state index in [-0.39, 0.29) is 22.6 Å². The van der Waals surface area contributed by atoms with E-state index in [0.29, 0.717) is 0 Å². The van der Waals surface area contributed by atoms with Crippen LogP contribution in [0.2, 0.25) is 0 Å². The Balaban J connectivity index is 2.73. The fourth-order valence-electron chi connectivity index (χ4n) is 1.55. The van der Waals surface area contributed by atoms with E-state index in [0.717, 1.165) is 6.26 Å². The molecule has 0 saturated heterocycles. The van der Waals surface area contributed by atoms with E-state index in [2.05, 4.69) is 15.0 Å². The molecule has 0 saturated carbocycles. The second-order valence-electron chi connectivity index (χ2n) is 4.73. The molecule has 0 aliphatic rings. The number of aromatic amines is 1. The third-order valence-electron chi connectivity index (χ3n) is 3.12. The number of pyridine rings is 1. The van der Waals surface area contributed by atoms with Crippen molar-refractivity contribution in [2.24, 2.45) is 0 Å². The van der Waals surface area contributed by atoms with Gasteiger partial charge in [0.2, 0.25) is 0 Å². The smallest absolute Gasteiger partial charge is 0.338 e. The van der Waals surface area contributed by atoms with Crippen molar-refractivity contribution in [1.82, 2.24) is 15.0 Å². The van der Waals surface area contributed by atoms with Crippen molar-refractivity contribution < 1.29 is 18.3 Å². The van der Waals surface area contributed by atoms with Crippen molar-refractivity contribution >= 4 is 27.0 Å². The van der Waals surface area contributed by atoms with E-state index >= 15 is 0 Å². The zero-order valence-corrected chi connectivity index (χ0v) is 11.4. The molecule has 0 unspecified atom stereocenters. The molecule has 0 radical (unpaired) electrons. The molecule has 2 rings (SSSR count). The molecule has 0 bridgehead atoms. The van der Waals surface area contributed by atoms with Gasteiger partial charge < -0.3 is 10.1 Å². The molecule has 2 N–H and O–H groups in total. The van der Waals surface area contributed by atoms with E-state index < -0.39 is 20.6 Å². The number of aromatic carboxylic acids is 1. The number of aromatic nitrogens is 3. The van der Waals surface area contributed by atoms with Gasteiger partial charge in [-0.15, -0.1) is 0 Å². The largest absolute Gasteiger partial charge is 0.478 e. The lowest BCUT2D eigenvalue weighted by molar-refractivity contribution is 0.0698. The quantitative estimate of drug-likeness (QED) is 0.866. The monoisotopic (exact) mass is 283 g/mol. The molecule has 0 fully saturated rings. The summed E-state index contributed by atoms with van der Waals surface area (Å²) in [6, 6.07) is 1.33. The molecular formula is C11H13N3O4S. The predicted molar refractivity (Wildman–Crippen MR) is 68.7 cm³/mol. The minimum Gasteiger partial charge on any atom is -0.478 e. The summed E-state index contributed by atoms with van der Waals surface area (Å²) >= 11 is 0. The van der Waals surface area contributed by atoms with Gasteiger partial charge in [0, 0.05) is 12.5 Å². The minimum absolute atomic E-state index is 0.00745. The summed E-state index contributed by atoms with van der Waals surface area (Å²) in [6.45, 7) is 3.00. The summed E-state index contributed by atoms with van der Waals surface area (Å²) in [4.78, 5) is 21.9. The number of hydrogen-bond donors (Lipinski definition) is 2. The Hall–Kier alpha value is -1.96. The number of carboxylic acid groups (broad SMARTS) is 1. The Morgan fingerprint density at radius 1 is 1.42 bits per heavy atom. The summed E-state index contributed by atoms with van der Waals surface area (Å²) in [7, 11) is -3.41. The molecule has 2 aromatic heterocycles. The number of nitrogens with zero attached hydrogens (tertiary/aromatic N) is 2. The van der Waals surface area contributed by atoms with Crippen molar-refractivity contribution in [3.05, 3.63) is 23.7 Å². The van der Waals surface area contributed by atoms with Crippen LogP contribution in [-0.2, 0) is 14.6 Å². The summed E-state index contributed by atoms with van der Waals surface area (Å²) in [5.41, 5.74) is 0.418. The van der Waals surface area contributed by atoms with Gasteiger partial charge in [-0.05, 0) is 19.9 Å². The fourth-order valence-corrected chi connectivity index (χ4v) is 2.00. The lowest BCUT2D eigenvalue weighted by Crippen LogP contribution is -2.29. The average molecular weight is 283 g/mol. The van der Waals surface area contributed by atoms with E-state index in [4.69, 9.17) is 5.11 Å². The number of carboxylic acids is 1. The van der Waals surface area contributed by atoms with E-state index in [9.17, 15) is 13.2 Å². The van der Waals surface area contributed by atoms with Crippen LogP contribution in [0.1, 0.15) is 30.0 Å². The number of hydrogen-bond acceptors (Lipinski definition) is 5. The molecule has 0 atom stereocenters. The van der Waals surface area contributed by atoms with Gasteiger partial charge in [0.05, 0.1) is 11.1 Å². The number of rotatable bonds is 3. The Morgan fingerprint density at radius 3 is 2.58 bits per heavy atom. The van der Waals surface area contributed by atoms with Gasteiger partial charge in [0.1, 0.15) is 10.6 Å². The summed E-state index contributed by atoms with van der Waals surface area (Å²) < 4.78 is 22.3. The first-order valence-corrected chi connectivity index (χ1v) is 7.32. The second kappa shape index (κ2) is 4.02. The van der Waals surface area contributed by atoms with Crippen molar-refractivity contribution in [2.45, 2.75) is 18.6 Å². The van der Waals surface area contributed by atoms with Gasteiger partial charge in [-0.1, -0.05) is 0 Å². The maximum absolute atomic E-state index is 11.8. The summed E-state index contributed by atoms with van der Waals surface area (Å²) in [5, 5.41) is 9.06. The average Bonchev–Trinajstić information content (AvgIpc) is 2.70. The SMILES string of the molecule is CC(C)(c1nc2nccc(C(=O)O)c2[nH]1)S(C)(=O)=O. The van der Waals surface area contributed by atoms with Crippen molar-refractivity contribution in [3.8, 4) is 0 Å². The molecule has 7 nitrogen and oxygen atoms in total. The van der Waals surface area contributed by atoms with Crippen LogP contribution < -0.4 is 0 Å². The maximum atomic E-state index is 11.8. The van der Waals surface area contributed by atoms with Gasteiger partial charge in [-0.2, -0.15) is 0 Å². The highest BCUT2D eigenvalue weighted by atomic mass is 32.2. The van der Waals surface area contributed by atoms with Crippen LogP contribution in [0.15, 0.2) is 12.3 Å². The lowest BCUT2D eigenvalue weighted by Gasteiger charge is -2.19. The Labute approximate surface area is 109 Å². The Morgan fingerprint density at radius 2 is 2.05 bits per heavy atom. The predicted octanol–water partition coefficient (Wildman–Crippen LogP) is 0.936. The molecule has 0 aliphatic carbocycles. The Kier molecular flexibility index (Phi) is 2.85. The number of imidazole rings is 1. The van der Waals surface area contributed by atoms with Crippen molar-refractivity contribution in [3.63, 3.8) is 0 Å². The van der Waals surface area contributed by atoms with Gasteiger partial charge in [0.25, 0.3) is 0 Å². The Bertz CT molecular complexity index is 761. The minimum atomic E-state index is -3.41. The first-order valence-electron chi connectivity index (χ1n) is 5.42. The van der Waals surface area contributed by atoms with Crippen molar-refractivity contribution in [2.75, 3.05) is 6.26 Å². The van der Waals surface area contributed by atoms with E-state index in [1.807, 2.05) is 0 Å². The van der Waals surface area contributed by atoms with Crippen LogP contribution in [0.4, 0.5) is 0 Å². The fraction of sp³-hybridized carbons (Fsp3) is 0.364. The summed E-state index contributed by atoms with van der Waals surface area (Å²) in [6.07, 6.45) is 2.43. The van der Waals surface area contributed by atoms with Gasteiger partial charge >= 0.3 is 5.97 Å². The molecule has 2 heterocycles. The van der Waals surface area contributed by atoms with Crippen molar-refractivity contribution in [1.29, 1.82) is 0 Å². The molecule has 2 aromatic rings. The number of nitrogens with one attached hydrogen (secondary N) is 1. The normalized spacial score (nSPS) is 12.8. The number of H-pyrrole nitrogens is 1. The zero-order chi connectivity index (χ0) is 14.4. The highest BCUT2D eigenvalue weighted by molar-refractivity contribution is 7.91. The zero-order valence-electron chi connectivity index (χ0n) is 10.6. The molecule has 0 amide bonds. The second-order valence-corrected chi connectivity index (χ2v) is 7.30. The molecule has 0 spiro atoms. The standard InChI is InChI=1S/C11H13N3O4S/c1-11(2,19(3,17)18)10-13-7-6(9(15)16)4-5-12-8(7)14-10/h4-5H,1-3H3,(H,15,16)(H,12,13,14). The van der Waals surface area contributed by atoms with Crippen LogP contribution >= 0.6 is 0 Å². The van der Waals surface area contributed by atoms with E-state index in [1.54, 1.807) is 0 Å². The highest BCUT2D eigenvalue weighted by Gasteiger charge is 2.36. The molecule has 19 heavy (non-hydrogen) atoms. The van der Waals surface area contributed by atoms with Gasteiger partial charge in [-0.3, -0.25) is 0 Å². The molecule has 0 aromatic carbocycles. The third kappa shape index (κ3) is 2.07. The van der Waals surface area contributed by atoms with Crippen LogP contribution in [-0.4, -0.2) is 40.7 Å². The molecule has 8 heteroatoms. The first-order chi connectivity index (χ1) is 8.64. The number of sulfone groups is 1. The number of carbonyl (C=O) groups is 1.